The number of aliphatic carboxylic acids is 1. The highest BCUT2D eigenvalue weighted by Crippen LogP contribution is 2.51. The number of carboxylic acids is 1. The van der Waals surface area contributed by atoms with Gasteiger partial charge < -0.3 is 14.4 Å². The van der Waals surface area contributed by atoms with Gasteiger partial charge in [0.05, 0.1) is 12.0 Å². The van der Waals surface area contributed by atoms with E-state index in [2.05, 4.69) is 10.5 Å². The number of rotatable bonds is 8. The number of ether oxygens (including phenoxy) is 1. The number of alkyl halides is 3. The Morgan fingerprint density at radius 1 is 1.02 bits per heavy atom. The molecule has 1 aliphatic carbocycles. The van der Waals surface area contributed by atoms with Crippen molar-refractivity contribution in [2.24, 2.45) is 0 Å². The largest absolute Gasteiger partial charge is 0.481 e. The van der Waals surface area contributed by atoms with E-state index in [0.717, 1.165) is 41.7 Å². The quantitative estimate of drug-likeness (QED) is 0.224. The van der Waals surface area contributed by atoms with Crippen LogP contribution >= 0.6 is 0 Å². The van der Waals surface area contributed by atoms with Crippen LogP contribution in [0.4, 0.5) is 23.7 Å². The molecule has 1 heterocycles. The van der Waals surface area contributed by atoms with Crippen molar-refractivity contribution >= 4 is 17.7 Å². The van der Waals surface area contributed by atoms with Gasteiger partial charge in [-0.05, 0) is 61.1 Å². The van der Waals surface area contributed by atoms with E-state index in [1.165, 1.54) is 19.1 Å². The first-order valence-corrected chi connectivity index (χ1v) is 13.0. The minimum absolute atomic E-state index is 0.131. The minimum Gasteiger partial charge on any atom is -0.481 e. The number of carbonyl (C=O) groups is 2. The van der Waals surface area contributed by atoms with E-state index in [1.807, 2.05) is 48.5 Å². The zero-order chi connectivity index (χ0) is 29.4. The van der Waals surface area contributed by atoms with Gasteiger partial charge in [-0.3, -0.25) is 10.1 Å². The fourth-order valence-electron chi connectivity index (χ4n) is 4.88. The third kappa shape index (κ3) is 6.11. The molecule has 1 fully saturated rings. The molecule has 0 saturated heterocycles. The molecule has 1 saturated carbocycles. The van der Waals surface area contributed by atoms with Crippen LogP contribution in [0.1, 0.15) is 54.7 Å². The number of benzene rings is 3. The molecule has 7 nitrogen and oxygen atoms in total. The number of nitrogens with zero attached hydrogens (tertiary/aromatic N) is 1. The van der Waals surface area contributed by atoms with E-state index in [1.54, 1.807) is 6.92 Å². The van der Waals surface area contributed by atoms with E-state index in [0.29, 0.717) is 17.0 Å². The Kier molecular flexibility index (Phi) is 7.33. The van der Waals surface area contributed by atoms with Gasteiger partial charge in [-0.15, -0.1) is 0 Å². The summed E-state index contributed by atoms with van der Waals surface area (Å²) >= 11 is 0. The molecule has 1 amide bonds. The van der Waals surface area contributed by atoms with Crippen molar-refractivity contribution in [3.8, 4) is 22.5 Å². The van der Waals surface area contributed by atoms with Gasteiger partial charge in [0, 0.05) is 11.0 Å². The second-order valence-electron chi connectivity index (χ2n) is 10.3. The molecule has 1 aliphatic rings. The zero-order valence-electron chi connectivity index (χ0n) is 22.3. The van der Waals surface area contributed by atoms with Crippen molar-refractivity contribution in [3.63, 3.8) is 0 Å². The van der Waals surface area contributed by atoms with E-state index in [-0.39, 0.29) is 23.1 Å². The SMILES string of the molecule is Cc1noc(-c2ccc(-c3ccc(C4(CC(=O)O)CC4)cc3)cc2)c1NC(=O)O[C@H](C)c1cccc(C(F)(F)F)c1. The summed E-state index contributed by atoms with van der Waals surface area (Å²) in [5.74, 6) is -0.491. The van der Waals surface area contributed by atoms with Crippen LogP contribution in [0.2, 0.25) is 0 Å². The van der Waals surface area contributed by atoms with Crippen LogP contribution in [0.3, 0.4) is 0 Å². The standard InChI is InChI=1S/C31H27F3N2O5/c1-18-27(35-29(39)40-19(2)23-4-3-5-25(16-23)31(32,33)34)28(41-36-18)22-8-6-20(7-9-22)21-10-12-24(13-11-21)30(14-15-30)17-26(37)38/h3-13,16,19H,14-15,17H2,1-2H3,(H,35,39)(H,37,38)/t19-/m1/s1. The fraction of sp³-hybridized carbons (Fsp3) is 0.258. The second kappa shape index (κ2) is 10.8. The summed E-state index contributed by atoms with van der Waals surface area (Å²) in [6.45, 7) is 3.13. The first-order chi connectivity index (χ1) is 19.4. The summed E-state index contributed by atoms with van der Waals surface area (Å²) in [5, 5.41) is 15.8. The van der Waals surface area contributed by atoms with Gasteiger partial charge in [-0.25, -0.2) is 4.79 Å². The van der Waals surface area contributed by atoms with Gasteiger partial charge in [-0.2, -0.15) is 13.2 Å². The van der Waals surface area contributed by atoms with Gasteiger partial charge in [-0.1, -0.05) is 65.8 Å². The molecule has 1 aromatic heterocycles. The predicted octanol–water partition coefficient (Wildman–Crippen LogP) is 8.15. The number of aryl methyl sites for hydroxylation is 1. The maximum absolute atomic E-state index is 13.1. The topological polar surface area (TPSA) is 102 Å². The van der Waals surface area contributed by atoms with Crippen molar-refractivity contribution < 1.29 is 37.1 Å². The lowest BCUT2D eigenvalue weighted by Gasteiger charge is -2.16. The van der Waals surface area contributed by atoms with E-state index < -0.39 is 29.9 Å². The van der Waals surface area contributed by atoms with Gasteiger partial charge in [0.15, 0.2) is 5.76 Å². The molecule has 5 rings (SSSR count). The Labute approximate surface area is 233 Å². The van der Waals surface area contributed by atoms with Crippen molar-refractivity contribution in [1.82, 2.24) is 5.16 Å². The predicted molar refractivity (Wildman–Crippen MR) is 145 cm³/mol. The number of hydrogen-bond donors (Lipinski definition) is 2. The van der Waals surface area contributed by atoms with Crippen LogP contribution in [-0.2, 0) is 21.1 Å². The maximum Gasteiger partial charge on any atom is 0.416 e. The molecule has 41 heavy (non-hydrogen) atoms. The lowest BCUT2D eigenvalue weighted by atomic mass is 9.91. The van der Waals surface area contributed by atoms with Crippen molar-refractivity contribution in [1.29, 1.82) is 0 Å². The van der Waals surface area contributed by atoms with Gasteiger partial charge in [0.1, 0.15) is 17.5 Å². The Balaban J connectivity index is 1.27. The Morgan fingerprint density at radius 2 is 1.63 bits per heavy atom. The third-order valence-corrected chi connectivity index (χ3v) is 7.38. The van der Waals surface area contributed by atoms with Gasteiger partial charge >= 0.3 is 18.2 Å². The molecular weight excluding hydrogens is 537 g/mol. The fourth-order valence-corrected chi connectivity index (χ4v) is 4.88. The smallest absolute Gasteiger partial charge is 0.416 e. The van der Waals surface area contributed by atoms with E-state index in [4.69, 9.17) is 9.26 Å². The number of hydrogen-bond acceptors (Lipinski definition) is 5. The molecule has 10 heteroatoms. The summed E-state index contributed by atoms with van der Waals surface area (Å²) in [7, 11) is 0. The number of halogens is 3. The monoisotopic (exact) mass is 564 g/mol. The number of aromatic nitrogens is 1. The number of carbonyl (C=O) groups excluding carboxylic acids is 1. The molecule has 4 aromatic rings. The van der Waals surface area contributed by atoms with E-state index >= 15 is 0 Å². The summed E-state index contributed by atoms with van der Waals surface area (Å²) in [4.78, 5) is 23.9. The minimum atomic E-state index is -4.51. The van der Waals surface area contributed by atoms with Crippen molar-refractivity contribution in [3.05, 3.63) is 95.2 Å². The molecule has 3 aromatic carbocycles. The van der Waals surface area contributed by atoms with Gasteiger partial charge in [0.2, 0.25) is 0 Å². The lowest BCUT2D eigenvalue weighted by molar-refractivity contribution is -0.138. The van der Waals surface area contributed by atoms with Gasteiger partial charge in [0.25, 0.3) is 0 Å². The molecule has 0 aliphatic heterocycles. The summed E-state index contributed by atoms with van der Waals surface area (Å²) in [6.07, 6.45) is -4.43. The third-order valence-electron chi connectivity index (χ3n) is 7.38. The number of anilines is 1. The molecular formula is C31H27F3N2O5. The zero-order valence-corrected chi connectivity index (χ0v) is 22.3. The van der Waals surface area contributed by atoms with E-state index in [9.17, 15) is 27.9 Å². The highest BCUT2D eigenvalue weighted by molar-refractivity contribution is 5.91. The first kappa shape index (κ1) is 27.9. The molecule has 0 radical (unpaired) electrons. The van der Waals surface area contributed by atoms with Crippen LogP contribution in [0.15, 0.2) is 77.3 Å². The molecule has 0 bridgehead atoms. The highest BCUT2D eigenvalue weighted by atomic mass is 19.4. The Hall–Kier alpha value is -4.60. The normalized spacial score (nSPS) is 14.8. The molecule has 1 atom stereocenters. The number of nitrogens with one attached hydrogen (secondary N) is 1. The highest BCUT2D eigenvalue weighted by Gasteiger charge is 2.45. The number of carboxylic acid groups (broad SMARTS) is 1. The first-order valence-electron chi connectivity index (χ1n) is 13.0. The number of amides is 1. The average molecular weight is 565 g/mol. The maximum atomic E-state index is 13.1. The van der Waals surface area contributed by atoms with Crippen molar-refractivity contribution in [2.75, 3.05) is 5.32 Å². The van der Waals surface area contributed by atoms with Crippen LogP contribution < -0.4 is 5.32 Å². The molecule has 0 unspecified atom stereocenters. The summed E-state index contributed by atoms with van der Waals surface area (Å²) < 4.78 is 50.0. The second-order valence-corrected chi connectivity index (χ2v) is 10.3. The van der Waals surface area contributed by atoms with Crippen LogP contribution in [0.5, 0.6) is 0 Å². The Morgan fingerprint density at radius 3 is 2.22 bits per heavy atom. The molecule has 2 N–H and O–H groups in total. The van der Waals surface area contributed by atoms with Crippen LogP contribution in [-0.4, -0.2) is 22.3 Å². The average Bonchev–Trinajstić information content (AvgIpc) is 3.63. The van der Waals surface area contributed by atoms with Crippen LogP contribution in [0.25, 0.3) is 22.5 Å². The molecule has 0 spiro atoms. The van der Waals surface area contributed by atoms with Crippen LogP contribution in [0, 0.1) is 6.92 Å². The molecule has 212 valence electrons. The Bertz CT molecular complexity index is 1570. The lowest BCUT2D eigenvalue weighted by Crippen LogP contribution is -2.17. The summed E-state index contributed by atoms with van der Waals surface area (Å²) in [6, 6.07) is 19.9. The van der Waals surface area contributed by atoms with Crippen molar-refractivity contribution in [2.45, 2.75) is 50.8 Å². The summed E-state index contributed by atoms with van der Waals surface area (Å²) in [5.41, 5.74) is 3.38.